The highest BCUT2D eigenvalue weighted by atomic mass is 16.5. The van der Waals surface area contributed by atoms with E-state index >= 15 is 0 Å². The summed E-state index contributed by atoms with van der Waals surface area (Å²) in [6.07, 6.45) is 3.53. The van der Waals surface area contributed by atoms with Gasteiger partial charge in [0.15, 0.2) is 5.96 Å². The molecule has 0 atom stereocenters. The Morgan fingerprint density at radius 2 is 1.96 bits per heavy atom. The molecular weight excluding hydrogens is 302 g/mol. The van der Waals surface area contributed by atoms with Crippen LogP contribution >= 0.6 is 0 Å². The van der Waals surface area contributed by atoms with Crippen molar-refractivity contribution in [2.75, 3.05) is 27.3 Å². The number of ether oxygens (including phenoxy) is 2. The van der Waals surface area contributed by atoms with Gasteiger partial charge in [-0.25, -0.2) is 0 Å². The minimum Gasteiger partial charge on any atom is -0.491 e. The maximum atomic E-state index is 5.92. The lowest BCUT2D eigenvalue weighted by atomic mass is 10.1. The summed E-state index contributed by atoms with van der Waals surface area (Å²) in [4.78, 5) is 4.27. The van der Waals surface area contributed by atoms with Gasteiger partial charge in [-0.1, -0.05) is 12.1 Å². The van der Waals surface area contributed by atoms with Crippen LogP contribution in [0.1, 0.15) is 44.2 Å². The summed E-state index contributed by atoms with van der Waals surface area (Å²) in [6.45, 7) is 8.60. The Balaban J connectivity index is 2.45. The quantitative estimate of drug-likeness (QED) is 0.391. The van der Waals surface area contributed by atoms with Crippen LogP contribution in [0.2, 0.25) is 0 Å². The van der Waals surface area contributed by atoms with E-state index in [-0.39, 0.29) is 6.10 Å². The van der Waals surface area contributed by atoms with E-state index in [0.717, 1.165) is 49.7 Å². The highest BCUT2D eigenvalue weighted by Gasteiger charge is 2.07. The first-order valence-corrected chi connectivity index (χ1v) is 8.76. The number of hydrogen-bond donors (Lipinski definition) is 2. The molecule has 0 spiro atoms. The fraction of sp³-hybridized carbons (Fsp3) is 0.632. The van der Waals surface area contributed by atoms with Crippen molar-refractivity contribution in [3.8, 4) is 5.75 Å². The van der Waals surface area contributed by atoms with Crippen LogP contribution in [0.25, 0.3) is 0 Å². The van der Waals surface area contributed by atoms with E-state index in [4.69, 9.17) is 9.47 Å². The van der Waals surface area contributed by atoms with Crippen molar-refractivity contribution < 1.29 is 9.47 Å². The lowest BCUT2D eigenvalue weighted by Gasteiger charge is -2.17. The van der Waals surface area contributed by atoms with Gasteiger partial charge in [0, 0.05) is 39.4 Å². The van der Waals surface area contributed by atoms with Crippen molar-refractivity contribution in [2.24, 2.45) is 4.99 Å². The van der Waals surface area contributed by atoms with Gasteiger partial charge in [0.25, 0.3) is 0 Å². The zero-order valence-corrected chi connectivity index (χ0v) is 15.8. The van der Waals surface area contributed by atoms with E-state index in [1.165, 1.54) is 5.56 Å². The summed E-state index contributed by atoms with van der Waals surface area (Å²) in [6, 6.07) is 6.30. The van der Waals surface area contributed by atoms with Gasteiger partial charge < -0.3 is 20.1 Å². The molecule has 1 rings (SSSR count). The van der Waals surface area contributed by atoms with Gasteiger partial charge in [-0.2, -0.15) is 0 Å². The largest absolute Gasteiger partial charge is 0.491 e. The van der Waals surface area contributed by atoms with Crippen molar-refractivity contribution in [3.05, 3.63) is 29.3 Å². The predicted molar refractivity (Wildman–Crippen MR) is 101 cm³/mol. The highest BCUT2D eigenvalue weighted by molar-refractivity contribution is 5.79. The third kappa shape index (κ3) is 8.20. The van der Waals surface area contributed by atoms with Crippen LogP contribution in [0.4, 0.5) is 0 Å². The Morgan fingerprint density at radius 1 is 1.17 bits per heavy atom. The van der Waals surface area contributed by atoms with Gasteiger partial charge in [-0.05, 0) is 51.7 Å². The first kappa shape index (κ1) is 20.3. The van der Waals surface area contributed by atoms with Crippen LogP contribution in [0, 0.1) is 6.92 Å². The van der Waals surface area contributed by atoms with Crippen LogP contribution in [-0.2, 0) is 11.3 Å². The van der Waals surface area contributed by atoms with E-state index in [2.05, 4.69) is 40.7 Å². The minimum atomic E-state index is 0.162. The normalized spacial score (nSPS) is 11.7. The lowest BCUT2D eigenvalue weighted by Crippen LogP contribution is -2.37. The predicted octanol–water partition coefficient (Wildman–Crippen LogP) is 3.26. The fourth-order valence-electron chi connectivity index (χ4n) is 2.33. The average Bonchev–Trinajstić information content (AvgIpc) is 2.54. The number of rotatable bonds is 10. The molecule has 5 heteroatoms. The fourth-order valence-corrected chi connectivity index (χ4v) is 2.33. The Morgan fingerprint density at radius 3 is 2.62 bits per heavy atom. The van der Waals surface area contributed by atoms with Crippen molar-refractivity contribution >= 4 is 5.96 Å². The molecule has 0 saturated carbocycles. The molecule has 0 aliphatic heterocycles. The smallest absolute Gasteiger partial charge is 0.191 e. The summed E-state index contributed by atoms with van der Waals surface area (Å²) in [7, 11) is 3.53. The topological polar surface area (TPSA) is 54.9 Å². The van der Waals surface area contributed by atoms with Crippen molar-refractivity contribution in [3.63, 3.8) is 0 Å². The molecule has 0 radical (unpaired) electrons. The molecule has 0 saturated heterocycles. The number of nitrogens with zero attached hydrogens (tertiary/aromatic N) is 1. The maximum Gasteiger partial charge on any atom is 0.191 e. The molecular formula is C19H33N3O2. The number of hydrogen-bond acceptors (Lipinski definition) is 3. The number of guanidine groups is 1. The molecule has 0 heterocycles. The second-order valence-corrected chi connectivity index (χ2v) is 6.18. The van der Waals surface area contributed by atoms with Crippen LogP contribution in [0.5, 0.6) is 5.75 Å². The zero-order valence-electron chi connectivity index (χ0n) is 15.8. The van der Waals surface area contributed by atoms with Gasteiger partial charge in [0.2, 0.25) is 0 Å². The first-order chi connectivity index (χ1) is 11.6. The van der Waals surface area contributed by atoms with E-state index in [1.54, 1.807) is 14.2 Å². The second-order valence-electron chi connectivity index (χ2n) is 6.18. The second kappa shape index (κ2) is 11.7. The molecule has 0 aliphatic rings. The van der Waals surface area contributed by atoms with Crippen LogP contribution < -0.4 is 15.4 Å². The standard InChI is InChI=1S/C19H33N3O2/c1-15(2)24-18-13-16(3)9-10-17(18)14-22-19(20-4)21-11-7-6-8-12-23-5/h9-10,13,15H,6-8,11-12,14H2,1-5H3,(H2,20,21,22). The molecule has 0 aliphatic carbocycles. The maximum absolute atomic E-state index is 5.92. The van der Waals surface area contributed by atoms with Gasteiger partial charge in [-0.15, -0.1) is 0 Å². The van der Waals surface area contributed by atoms with Gasteiger partial charge in [0.1, 0.15) is 5.75 Å². The van der Waals surface area contributed by atoms with Crippen molar-refractivity contribution in [1.82, 2.24) is 10.6 Å². The Hall–Kier alpha value is -1.75. The first-order valence-electron chi connectivity index (χ1n) is 8.76. The van der Waals surface area contributed by atoms with E-state index < -0.39 is 0 Å². The molecule has 136 valence electrons. The molecule has 0 fully saturated rings. The highest BCUT2D eigenvalue weighted by Crippen LogP contribution is 2.21. The number of benzene rings is 1. The molecule has 0 unspecified atom stereocenters. The monoisotopic (exact) mass is 335 g/mol. The van der Waals surface area contributed by atoms with E-state index in [0.29, 0.717) is 6.54 Å². The molecule has 0 amide bonds. The summed E-state index contributed by atoms with van der Waals surface area (Å²) < 4.78 is 11.0. The molecule has 0 aromatic heterocycles. The number of aryl methyl sites for hydroxylation is 1. The summed E-state index contributed by atoms with van der Waals surface area (Å²) >= 11 is 0. The number of aliphatic imine (C=N–C) groups is 1. The van der Waals surface area contributed by atoms with Crippen LogP contribution in [0.15, 0.2) is 23.2 Å². The Bertz CT molecular complexity index is 501. The van der Waals surface area contributed by atoms with Gasteiger partial charge >= 0.3 is 0 Å². The number of unbranched alkanes of at least 4 members (excludes halogenated alkanes) is 2. The third-order valence-corrected chi connectivity index (χ3v) is 3.57. The van der Waals surface area contributed by atoms with Crippen LogP contribution in [0.3, 0.4) is 0 Å². The molecule has 0 bridgehead atoms. The van der Waals surface area contributed by atoms with Crippen molar-refractivity contribution in [2.45, 2.75) is 52.7 Å². The Labute approximate surface area is 146 Å². The average molecular weight is 335 g/mol. The molecule has 1 aromatic carbocycles. The van der Waals surface area contributed by atoms with Crippen LogP contribution in [-0.4, -0.2) is 39.4 Å². The molecule has 1 aromatic rings. The Kier molecular flexibility index (Phi) is 9.92. The lowest BCUT2D eigenvalue weighted by molar-refractivity contribution is 0.192. The van der Waals surface area contributed by atoms with Gasteiger partial charge in [-0.3, -0.25) is 4.99 Å². The van der Waals surface area contributed by atoms with Crippen molar-refractivity contribution in [1.29, 1.82) is 0 Å². The molecule has 5 nitrogen and oxygen atoms in total. The van der Waals surface area contributed by atoms with E-state index in [1.807, 2.05) is 13.8 Å². The minimum absolute atomic E-state index is 0.162. The third-order valence-electron chi connectivity index (χ3n) is 3.57. The zero-order chi connectivity index (χ0) is 17.8. The summed E-state index contributed by atoms with van der Waals surface area (Å²) in [5.74, 6) is 1.75. The summed E-state index contributed by atoms with van der Waals surface area (Å²) in [5, 5.41) is 6.70. The van der Waals surface area contributed by atoms with E-state index in [9.17, 15) is 0 Å². The number of methoxy groups -OCH3 is 1. The summed E-state index contributed by atoms with van der Waals surface area (Å²) in [5.41, 5.74) is 2.34. The molecule has 2 N–H and O–H groups in total. The SMILES string of the molecule is CN=C(NCCCCCOC)NCc1ccc(C)cc1OC(C)C. The van der Waals surface area contributed by atoms with Gasteiger partial charge in [0.05, 0.1) is 6.10 Å². The number of nitrogens with one attached hydrogen (secondary N) is 2. The molecule has 24 heavy (non-hydrogen) atoms.